The third-order valence-corrected chi connectivity index (χ3v) is 5.55. The summed E-state index contributed by atoms with van der Waals surface area (Å²) in [5.41, 5.74) is -0.542. The van der Waals surface area contributed by atoms with E-state index in [9.17, 15) is 22.8 Å². The summed E-state index contributed by atoms with van der Waals surface area (Å²) < 4.78 is 50.6. The summed E-state index contributed by atoms with van der Waals surface area (Å²) in [6.07, 6.45) is -4.83. The molecule has 0 aliphatic carbocycles. The summed E-state index contributed by atoms with van der Waals surface area (Å²) >= 11 is 0. The number of rotatable bonds is 5. The molecule has 1 N–H and O–H groups in total. The van der Waals surface area contributed by atoms with Crippen molar-refractivity contribution in [2.75, 3.05) is 25.2 Å². The van der Waals surface area contributed by atoms with Crippen molar-refractivity contribution in [3.05, 3.63) is 24.3 Å². The molecule has 11 heteroatoms. The number of carboxylic acid groups (broad SMARTS) is 1. The van der Waals surface area contributed by atoms with Crippen LogP contribution in [-0.4, -0.2) is 66.3 Å². The molecule has 1 aromatic carbocycles. The Morgan fingerprint density at radius 3 is 2.32 bits per heavy atom. The van der Waals surface area contributed by atoms with Crippen molar-refractivity contribution in [2.45, 2.75) is 44.5 Å². The maximum absolute atomic E-state index is 13.4. The van der Waals surface area contributed by atoms with Gasteiger partial charge in [0.05, 0.1) is 25.3 Å². The lowest BCUT2D eigenvalue weighted by Gasteiger charge is -2.30. The lowest BCUT2D eigenvalue weighted by molar-refractivity contribution is -0.141. The van der Waals surface area contributed by atoms with Gasteiger partial charge < -0.3 is 19.5 Å². The summed E-state index contributed by atoms with van der Waals surface area (Å²) in [4.78, 5) is 24.0. The number of nitrogens with zero attached hydrogens (tertiary/aromatic N) is 3. The molecule has 0 saturated carbocycles. The number of esters is 1. The lowest BCUT2D eigenvalue weighted by Crippen LogP contribution is -2.41. The third kappa shape index (κ3) is 5.20. The maximum atomic E-state index is 13.4. The number of methoxy groups -OCH3 is 1. The number of carbonyl (C=O) groups excluding carboxylic acids is 1. The number of hydrogen-bond donors (Lipinski definition) is 1. The number of halogens is 3. The molecule has 8 nitrogen and oxygen atoms in total. The Bertz CT molecular complexity index is 835. The topological polar surface area (TPSA) is 91.7 Å². The van der Waals surface area contributed by atoms with E-state index < -0.39 is 35.9 Å². The van der Waals surface area contributed by atoms with Crippen LogP contribution in [0.1, 0.15) is 26.2 Å². The molecule has 2 aliphatic heterocycles. The molecule has 0 aromatic heterocycles. The van der Waals surface area contributed by atoms with E-state index in [1.165, 1.54) is 23.9 Å². The van der Waals surface area contributed by atoms with Gasteiger partial charge in [0, 0.05) is 31.8 Å². The standard InChI is InChI=1S/C20H24F3N3O5/c1-12-16(11-17(27)30-2)26(24-18(12)20(21,22)23)13-3-5-14(6-4-13)31-15-7-9-25(10-8-15)19(28)29/h3-6,12,15-16H,7-11H2,1-2H3,(H,28,29)/t12-,16-/m0/s1. The van der Waals surface area contributed by atoms with Gasteiger partial charge in [-0.3, -0.25) is 9.80 Å². The van der Waals surface area contributed by atoms with E-state index in [4.69, 9.17) is 9.84 Å². The second-order valence-corrected chi connectivity index (χ2v) is 7.54. The molecule has 1 amide bonds. The van der Waals surface area contributed by atoms with Crippen LogP contribution in [0.4, 0.5) is 23.7 Å². The minimum Gasteiger partial charge on any atom is -0.490 e. The minimum atomic E-state index is -4.60. The fourth-order valence-electron chi connectivity index (χ4n) is 3.79. The van der Waals surface area contributed by atoms with Crippen molar-refractivity contribution >= 4 is 23.5 Å². The molecule has 2 atom stereocenters. The van der Waals surface area contributed by atoms with Crippen LogP contribution in [0.3, 0.4) is 0 Å². The zero-order valence-electron chi connectivity index (χ0n) is 17.1. The minimum absolute atomic E-state index is 0.143. The van der Waals surface area contributed by atoms with Crippen LogP contribution >= 0.6 is 0 Å². The number of benzene rings is 1. The van der Waals surface area contributed by atoms with Gasteiger partial charge in [0.2, 0.25) is 0 Å². The molecule has 170 valence electrons. The normalized spacial score (nSPS) is 22.3. The second kappa shape index (κ2) is 9.03. The van der Waals surface area contributed by atoms with Crippen molar-refractivity contribution < 1.29 is 37.3 Å². The number of carbonyl (C=O) groups is 2. The van der Waals surface area contributed by atoms with Crippen molar-refractivity contribution in [1.29, 1.82) is 0 Å². The predicted molar refractivity (Wildman–Crippen MR) is 105 cm³/mol. The highest BCUT2D eigenvalue weighted by Gasteiger charge is 2.48. The molecule has 1 fully saturated rings. The van der Waals surface area contributed by atoms with E-state index in [0.717, 1.165) is 0 Å². The first-order valence-electron chi connectivity index (χ1n) is 9.86. The number of ether oxygens (including phenoxy) is 2. The first-order chi connectivity index (χ1) is 14.6. The van der Waals surface area contributed by atoms with E-state index in [0.29, 0.717) is 37.4 Å². The average Bonchev–Trinajstić information content (AvgIpc) is 3.05. The highest BCUT2D eigenvalue weighted by Crippen LogP contribution is 2.37. The van der Waals surface area contributed by atoms with Crippen LogP contribution in [0, 0.1) is 5.92 Å². The van der Waals surface area contributed by atoms with Gasteiger partial charge in [-0.1, -0.05) is 6.92 Å². The van der Waals surface area contributed by atoms with Crippen molar-refractivity contribution in [3.8, 4) is 5.75 Å². The zero-order chi connectivity index (χ0) is 22.8. The summed E-state index contributed by atoms with van der Waals surface area (Å²) in [7, 11) is 1.19. The van der Waals surface area contributed by atoms with E-state index >= 15 is 0 Å². The zero-order valence-corrected chi connectivity index (χ0v) is 17.1. The molecule has 31 heavy (non-hydrogen) atoms. The van der Waals surface area contributed by atoms with Crippen LogP contribution in [0.25, 0.3) is 0 Å². The number of likely N-dealkylation sites (tertiary alicyclic amines) is 1. The van der Waals surface area contributed by atoms with E-state index in [-0.39, 0.29) is 12.5 Å². The Morgan fingerprint density at radius 1 is 1.19 bits per heavy atom. The Morgan fingerprint density at radius 2 is 1.81 bits per heavy atom. The predicted octanol–water partition coefficient (Wildman–Crippen LogP) is 3.51. The molecular weight excluding hydrogens is 419 g/mol. The van der Waals surface area contributed by atoms with E-state index in [2.05, 4.69) is 9.84 Å². The van der Waals surface area contributed by atoms with Gasteiger partial charge in [0.25, 0.3) is 0 Å². The van der Waals surface area contributed by atoms with Crippen LogP contribution in [0.5, 0.6) is 5.75 Å². The van der Waals surface area contributed by atoms with E-state index in [1.807, 2.05) is 0 Å². The number of anilines is 1. The molecule has 3 rings (SSSR count). The molecule has 1 saturated heterocycles. The molecule has 1 aromatic rings. The van der Waals surface area contributed by atoms with Crippen molar-refractivity contribution in [3.63, 3.8) is 0 Å². The first-order valence-corrected chi connectivity index (χ1v) is 9.86. The highest BCUT2D eigenvalue weighted by molar-refractivity contribution is 5.96. The fraction of sp³-hybridized carbons (Fsp3) is 0.550. The molecule has 0 radical (unpaired) electrons. The Balaban J connectivity index is 1.72. The van der Waals surface area contributed by atoms with E-state index in [1.54, 1.807) is 24.3 Å². The Labute approximate surface area is 177 Å². The van der Waals surface area contributed by atoms with Crippen LogP contribution in [-0.2, 0) is 9.53 Å². The SMILES string of the molecule is COC(=O)C[C@H]1[C@H](C)C(C(F)(F)F)=NN1c1ccc(OC2CCN(C(=O)O)CC2)cc1. The molecule has 2 heterocycles. The summed E-state index contributed by atoms with van der Waals surface area (Å²) in [5, 5.41) is 14.0. The smallest absolute Gasteiger partial charge is 0.431 e. The van der Waals surface area contributed by atoms with Gasteiger partial charge in [-0.05, 0) is 24.3 Å². The van der Waals surface area contributed by atoms with Crippen LogP contribution < -0.4 is 9.75 Å². The van der Waals surface area contributed by atoms with Gasteiger partial charge >= 0.3 is 18.2 Å². The number of alkyl halides is 3. The van der Waals surface area contributed by atoms with Crippen molar-refractivity contribution in [2.24, 2.45) is 11.0 Å². The average molecular weight is 443 g/mol. The summed E-state index contributed by atoms with van der Waals surface area (Å²) in [6.45, 7) is 2.16. The maximum Gasteiger partial charge on any atom is 0.431 e. The van der Waals surface area contributed by atoms with Crippen LogP contribution in [0.2, 0.25) is 0 Å². The second-order valence-electron chi connectivity index (χ2n) is 7.54. The third-order valence-electron chi connectivity index (χ3n) is 5.55. The molecule has 0 bridgehead atoms. The molecule has 0 spiro atoms. The van der Waals surface area contributed by atoms with Gasteiger partial charge in [0.1, 0.15) is 17.6 Å². The number of hydrogen-bond acceptors (Lipinski definition) is 6. The number of hydrazone groups is 1. The van der Waals surface area contributed by atoms with Gasteiger partial charge in [-0.15, -0.1) is 0 Å². The number of amides is 1. The number of piperidine rings is 1. The quantitative estimate of drug-likeness (QED) is 0.701. The molecular formula is C20H24F3N3O5. The molecule has 0 unspecified atom stereocenters. The van der Waals surface area contributed by atoms with Gasteiger partial charge in [0.15, 0.2) is 0 Å². The van der Waals surface area contributed by atoms with Gasteiger partial charge in [-0.2, -0.15) is 18.3 Å². The fourth-order valence-corrected chi connectivity index (χ4v) is 3.79. The van der Waals surface area contributed by atoms with Gasteiger partial charge in [-0.25, -0.2) is 4.79 Å². The first kappa shape index (κ1) is 22.7. The monoisotopic (exact) mass is 443 g/mol. The Hall–Kier alpha value is -2.98. The Kier molecular flexibility index (Phi) is 6.61. The highest BCUT2D eigenvalue weighted by atomic mass is 19.4. The summed E-state index contributed by atoms with van der Waals surface area (Å²) in [6, 6.07) is 5.60. The van der Waals surface area contributed by atoms with Crippen molar-refractivity contribution in [1.82, 2.24) is 4.90 Å². The lowest BCUT2D eigenvalue weighted by atomic mass is 9.94. The summed E-state index contributed by atoms with van der Waals surface area (Å²) in [5.74, 6) is -1.10. The van der Waals surface area contributed by atoms with Crippen LogP contribution in [0.15, 0.2) is 29.4 Å². The largest absolute Gasteiger partial charge is 0.490 e. The molecule has 2 aliphatic rings.